The molecule has 6 nitrogen and oxygen atoms in total. The summed E-state index contributed by atoms with van der Waals surface area (Å²) in [4.78, 5) is 8.35. The van der Waals surface area contributed by atoms with Crippen molar-refractivity contribution in [3.8, 4) is 45.3 Å². The average Bonchev–Trinajstić information content (AvgIpc) is 3.81. The first-order valence-corrected chi connectivity index (χ1v) is 21.1. The van der Waals surface area contributed by atoms with Crippen LogP contribution in [0.5, 0.6) is 11.5 Å². The molecule has 0 radical (unpaired) electrons. The van der Waals surface area contributed by atoms with E-state index < -0.39 is 6.98 Å². The lowest BCUT2D eigenvalue weighted by Gasteiger charge is -2.35. The van der Waals surface area contributed by atoms with Gasteiger partial charge in [-0.3, -0.25) is 4.57 Å². The Labute approximate surface area is 355 Å². The minimum absolute atomic E-state index is 0.213. The van der Waals surface area contributed by atoms with Gasteiger partial charge < -0.3 is 18.6 Å². The molecule has 0 N–H and O–H groups in total. The number of pyridine rings is 1. The van der Waals surface area contributed by atoms with Gasteiger partial charge in [-0.05, 0) is 101 Å². The van der Waals surface area contributed by atoms with Crippen LogP contribution in [0.15, 0.2) is 164 Å². The molecule has 0 fully saturated rings. The van der Waals surface area contributed by atoms with Gasteiger partial charge in [0.05, 0.1) is 27.8 Å². The highest BCUT2D eigenvalue weighted by Gasteiger charge is 2.42. The van der Waals surface area contributed by atoms with Gasteiger partial charge in [0.1, 0.15) is 23.1 Å². The van der Waals surface area contributed by atoms with Gasteiger partial charge in [-0.2, -0.15) is 0 Å². The smallest absolute Gasteiger partial charge is 0.458 e. The molecular formula is C54H42BN5O. The molecule has 0 saturated heterocycles. The Morgan fingerprint density at radius 2 is 1.21 bits per heavy atom. The molecule has 0 spiro atoms. The lowest BCUT2D eigenvalue weighted by Crippen LogP contribution is -2.68. The summed E-state index contributed by atoms with van der Waals surface area (Å²) in [6.07, 6.45) is 4.00. The van der Waals surface area contributed by atoms with Crippen molar-refractivity contribution in [1.82, 2.24) is 14.1 Å². The third-order valence-corrected chi connectivity index (χ3v) is 12.7. The number of rotatable bonds is 1. The highest BCUT2D eigenvalue weighted by Crippen LogP contribution is 2.42. The van der Waals surface area contributed by atoms with Crippen molar-refractivity contribution < 1.29 is 9.21 Å². The van der Waals surface area contributed by atoms with E-state index in [-0.39, 0.29) is 5.41 Å². The van der Waals surface area contributed by atoms with Gasteiger partial charge in [-0.1, -0.05) is 136 Å². The summed E-state index contributed by atoms with van der Waals surface area (Å²) >= 11 is 0. The Balaban J connectivity index is 1.31. The Bertz CT molecular complexity index is 3420. The van der Waals surface area contributed by atoms with Crippen LogP contribution in [0, 0.1) is 20.2 Å². The molecule has 5 heterocycles. The van der Waals surface area contributed by atoms with Crippen LogP contribution in [0.1, 0.15) is 37.5 Å². The molecule has 7 aromatic carbocycles. The molecule has 0 saturated carbocycles. The lowest BCUT2D eigenvalue weighted by atomic mass is 9.61. The second-order valence-electron chi connectivity index (χ2n) is 17.5. The number of fused-ring (bicyclic) bond motifs is 17. The number of anilines is 2. The van der Waals surface area contributed by atoms with E-state index in [0.29, 0.717) is 0 Å². The molecular weight excluding hydrogens is 745 g/mol. The molecule has 0 aliphatic carbocycles. The van der Waals surface area contributed by atoms with Crippen LogP contribution in [0.3, 0.4) is 0 Å². The maximum atomic E-state index is 6.79. The third-order valence-electron chi connectivity index (χ3n) is 12.7. The highest BCUT2D eigenvalue weighted by atomic mass is 16.5. The average molecular weight is 788 g/mol. The SMILES string of the molecule is Cc1cccc(C)c1N1B2c3ccccc3-c3ccccc3-c3cccc4c3[n+]2[c-]n4-c2cccc(c2)Oc2ccc3c4ccccc4n(c3c2)-c2cc(C(C)(C)C)cc1n2. The third kappa shape index (κ3) is 5.36. The van der Waals surface area contributed by atoms with Crippen LogP contribution in [0.25, 0.3) is 66.6 Å². The molecule has 2 aliphatic rings. The number of hydrogen-bond acceptors (Lipinski definition) is 3. The largest absolute Gasteiger partial charge is 0.525 e. The number of hydrogen-bond donors (Lipinski definition) is 0. The molecule has 292 valence electrons. The van der Waals surface area contributed by atoms with E-state index in [2.05, 4.69) is 217 Å². The molecule has 12 rings (SSSR count). The first-order chi connectivity index (χ1) is 29.7. The van der Waals surface area contributed by atoms with Gasteiger partial charge in [-0.15, -0.1) is 0 Å². The molecule has 3 aromatic heterocycles. The fraction of sp³-hybridized carbons (Fsp3) is 0.111. The van der Waals surface area contributed by atoms with Gasteiger partial charge in [0, 0.05) is 28.0 Å². The second kappa shape index (κ2) is 13.1. The van der Waals surface area contributed by atoms with Crippen LogP contribution in [0.4, 0.5) is 11.5 Å². The minimum atomic E-state index is -0.429. The minimum Gasteiger partial charge on any atom is -0.458 e. The van der Waals surface area contributed by atoms with Crippen LogP contribution >= 0.6 is 0 Å². The number of aryl methyl sites for hydroxylation is 2. The first kappa shape index (κ1) is 35.6. The summed E-state index contributed by atoms with van der Waals surface area (Å²) in [7, 11) is 0. The predicted octanol–water partition coefficient (Wildman–Crippen LogP) is 12.0. The topological polar surface area (TPSA) is 39.1 Å². The molecule has 0 unspecified atom stereocenters. The number of para-hydroxylation sites is 3. The van der Waals surface area contributed by atoms with Crippen molar-refractivity contribution in [2.24, 2.45) is 0 Å². The van der Waals surface area contributed by atoms with Crippen molar-refractivity contribution in [1.29, 1.82) is 0 Å². The van der Waals surface area contributed by atoms with Crippen molar-refractivity contribution in [3.05, 3.63) is 187 Å². The zero-order valence-corrected chi connectivity index (χ0v) is 34.8. The Morgan fingerprint density at radius 1 is 0.574 bits per heavy atom. The number of aromatic nitrogens is 4. The number of nitrogens with zero attached hydrogens (tertiary/aromatic N) is 5. The standard InChI is InChI=1S/C54H42BN5O/c1-34-15-12-16-35(2)52(34)60-51-30-36(54(3,4)5)29-50(56-51)59-47-25-11-9-22-43(47)44-28-27-39(32-49(44)59)61-38-18-13-17-37(31-38)57-33-58-53-45(23-14-26-48(53)57)41-20-7-6-19-40(41)42-21-8-10-24-46(42)55(58)60/h6-32H,1-5H3. The number of ether oxygens (including phenoxy) is 1. The summed E-state index contributed by atoms with van der Waals surface area (Å²) in [5.74, 6) is 3.19. The van der Waals surface area contributed by atoms with E-state index in [1.54, 1.807) is 0 Å². The van der Waals surface area contributed by atoms with Gasteiger partial charge in [-0.25, -0.2) is 4.98 Å². The summed E-state index contributed by atoms with van der Waals surface area (Å²) in [6, 6.07) is 59.1. The maximum Gasteiger partial charge on any atom is 0.525 e. The molecule has 10 aromatic rings. The van der Waals surface area contributed by atoms with Crippen LogP contribution in [-0.2, 0) is 5.41 Å². The van der Waals surface area contributed by atoms with Crippen LogP contribution in [-0.4, -0.2) is 21.1 Å². The van der Waals surface area contributed by atoms with Crippen molar-refractivity contribution in [2.45, 2.75) is 40.0 Å². The fourth-order valence-corrected chi connectivity index (χ4v) is 9.88. The van der Waals surface area contributed by atoms with Crippen molar-refractivity contribution in [3.63, 3.8) is 0 Å². The lowest BCUT2D eigenvalue weighted by molar-refractivity contribution is -0.511. The molecule has 8 bridgehead atoms. The molecule has 7 heteroatoms. The van der Waals surface area contributed by atoms with E-state index >= 15 is 0 Å². The van der Waals surface area contributed by atoms with E-state index in [1.807, 2.05) is 6.07 Å². The zero-order chi connectivity index (χ0) is 41.1. The Kier molecular flexibility index (Phi) is 7.61. The Hall–Kier alpha value is -7.38. The van der Waals surface area contributed by atoms with Gasteiger partial charge in [0.15, 0.2) is 0 Å². The van der Waals surface area contributed by atoms with Crippen molar-refractivity contribution >= 4 is 56.8 Å². The number of imidazole rings is 1. The first-order valence-electron chi connectivity index (χ1n) is 21.1. The van der Waals surface area contributed by atoms with Crippen LogP contribution in [0.2, 0.25) is 0 Å². The normalized spacial score (nSPS) is 13.1. The molecule has 61 heavy (non-hydrogen) atoms. The summed E-state index contributed by atoms with van der Waals surface area (Å²) in [6.45, 7) is 10.9. The Morgan fingerprint density at radius 3 is 2.03 bits per heavy atom. The van der Waals surface area contributed by atoms with E-state index in [4.69, 9.17) is 9.72 Å². The van der Waals surface area contributed by atoms with Gasteiger partial charge >= 0.3 is 6.98 Å². The maximum absolute atomic E-state index is 6.79. The molecule has 0 atom stereocenters. The van der Waals surface area contributed by atoms with Gasteiger partial charge in [0.2, 0.25) is 6.33 Å². The van der Waals surface area contributed by atoms with Crippen molar-refractivity contribution in [2.75, 3.05) is 4.81 Å². The zero-order valence-electron chi connectivity index (χ0n) is 34.8. The molecule has 0 amide bonds. The predicted molar refractivity (Wildman–Crippen MR) is 249 cm³/mol. The van der Waals surface area contributed by atoms with E-state index in [9.17, 15) is 0 Å². The molecule has 2 aliphatic heterocycles. The number of benzene rings is 7. The second-order valence-corrected chi connectivity index (χ2v) is 17.5. The van der Waals surface area contributed by atoms with E-state index in [1.165, 1.54) is 22.3 Å². The van der Waals surface area contributed by atoms with Gasteiger partial charge in [0.25, 0.3) is 0 Å². The summed E-state index contributed by atoms with van der Waals surface area (Å²) < 4.78 is 13.7. The van der Waals surface area contributed by atoms with Crippen LogP contribution < -0.4 is 19.5 Å². The highest BCUT2D eigenvalue weighted by molar-refractivity contribution is 6.72. The monoisotopic (exact) mass is 787 g/mol. The quantitative estimate of drug-likeness (QED) is 0.123. The summed E-state index contributed by atoms with van der Waals surface area (Å²) in [5.41, 5.74) is 15.4. The van der Waals surface area contributed by atoms with E-state index in [0.717, 1.165) is 89.5 Å². The summed E-state index contributed by atoms with van der Waals surface area (Å²) in [5, 5.41) is 2.31. The fourth-order valence-electron chi connectivity index (χ4n) is 9.88.